The summed E-state index contributed by atoms with van der Waals surface area (Å²) in [5, 5.41) is 8.95. The molecule has 0 amide bonds. The molecule has 0 saturated carbocycles. The van der Waals surface area contributed by atoms with E-state index < -0.39 is 34.1 Å². The summed E-state index contributed by atoms with van der Waals surface area (Å²) in [4.78, 5) is 10.5. The molecule has 10 heteroatoms. The number of carbonyl (C=O) groups is 1. The highest BCUT2D eigenvalue weighted by molar-refractivity contribution is 8.48. The van der Waals surface area contributed by atoms with Crippen LogP contribution in [0.15, 0.2) is 58.3 Å². The molecule has 2 aromatic rings. The van der Waals surface area contributed by atoms with Crippen molar-refractivity contribution in [2.75, 3.05) is 0 Å². The van der Waals surface area contributed by atoms with Gasteiger partial charge in [0, 0.05) is 27.8 Å². The number of hydrogen-bond acceptors (Lipinski definition) is 3. The van der Waals surface area contributed by atoms with Crippen LogP contribution in [0.1, 0.15) is 30.4 Å². The first-order chi connectivity index (χ1) is 13.1. The maximum Gasteiger partial charge on any atom is 0.303 e. The summed E-state index contributed by atoms with van der Waals surface area (Å²) >= 11 is 0. The number of benzene rings is 2. The fraction of sp³-hybridized carbons (Fsp3) is 0.316. The van der Waals surface area contributed by atoms with Gasteiger partial charge >= 0.3 is 5.97 Å². The minimum absolute atomic E-state index is 0.165. The van der Waals surface area contributed by atoms with Gasteiger partial charge < -0.3 is 5.11 Å². The average Bonchev–Trinajstić information content (AvgIpc) is 2.57. The molecule has 3 N–H and O–H groups in total. The molecule has 2 aromatic carbocycles. The van der Waals surface area contributed by atoms with Crippen LogP contribution in [-0.4, -0.2) is 33.2 Å². The van der Waals surface area contributed by atoms with E-state index in [0.717, 1.165) is 0 Å². The molecule has 0 heterocycles. The fourth-order valence-electron chi connectivity index (χ4n) is 3.34. The summed E-state index contributed by atoms with van der Waals surface area (Å²) in [6, 6.07) is 11.9. The highest BCUT2D eigenvalue weighted by atomic mass is 35.7. The molecule has 162 valence electrons. The lowest BCUT2D eigenvalue weighted by molar-refractivity contribution is -0.137. The minimum atomic E-state index is -5.55. The van der Waals surface area contributed by atoms with Crippen LogP contribution in [0.25, 0.3) is 0 Å². The summed E-state index contributed by atoms with van der Waals surface area (Å²) in [5.74, 6) is -1.15. The lowest BCUT2D eigenvalue weighted by Gasteiger charge is -2.54. The molecular weight excluding hydrogens is 459 g/mol. The van der Waals surface area contributed by atoms with Gasteiger partial charge in [-0.05, 0) is 49.9 Å². The molecular formula is C19H24Cl2O6S2. The molecule has 6 nitrogen and oxygen atoms in total. The third-order valence-electron chi connectivity index (χ3n) is 4.73. The van der Waals surface area contributed by atoms with Gasteiger partial charge in [0.25, 0.3) is 0 Å². The Morgan fingerprint density at radius 2 is 1.28 bits per heavy atom. The van der Waals surface area contributed by atoms with E-state index in [9.17, 15) is 22.3 Å². The number of aryl methyl sites for hydroxylation is 2. The van der Waals surface area contributed by atoms with E-state index in [1.54, 1.807) is 38.1 Å². The second-order valence-corrected chi connectivity index (χ2v) is 16.3. The molecule has 0 atom stereocenters. The summed E-state index contributed by atoms with van der Waals surface area (Å²) in [6.07, 6.45) is -0.995. The van der Waals surface area contributed by atoms with Gasteiger partial charge in [-0.1, -0.05) is 53.5 Å². The van der Waals surface area contributed by atoms with Gasteiger partial charge in [-0.2, -0.15) is 8.42 Å². The van der Waals surface area contributed by atoms with E-state index in [1.807, 2.05) is 0 Å². The number of carboxylic acid groups (broad SMARTS) is 1. The van der Waals surface area contributed by atoms with Crippen molar-refractivity contribution in [3.63, 3.8) is 0 Å². The topological polar surface area (TPSA) is 112 Å². The Balaban J connectivity index is 2.78. The van der Waals surface area contributed by atoms with Gasteiger partial charge in [-0.25, -0.2) is 0 Å². The Bertz CT molecular complexity index is 994. The zero-order valence-electron chi connectivity index (χ0n) is 16.0. The molecule has 0 aliphatic heterocycles. The van der Waals surface area contributed by atoms with Crippen LogP contribution in [-0.2, 0) is 21.9 Å². The van der Waals surface area contributed by atoms with Crippen molar-refractivity contribution in [3.05, 3.63) is 59.7 Å². The van der Waals surface area contributed by atoms with Crippen LogP contribution in [0.5, 0.6) is 0 Å². The van der Waals surface area contributed by atoms with E-state index in [1.165, 1.54) is 24.3 Å². The zero-order chi connectivity index (χ0) is 22.1. The van der Waals surface area contributed by atoms with E-state index in [4.69, 9.17) is 26.5 Å². The molecule has 2 rings (SSSR count). The number of hydrogen-bond donors (Lipinski definition) is 3. The van der Waals surface area contributed by atoms with Crippen LogP contribution >= 0.6 is 21.4 Å². The van der Waals surface area contributed by atoms with E-state index in [2.05, 4.69) is 0 Å². The molecule has 0 aliphatic rings. The third-order valence-corrected chi connectivity index (χ3v) is 14.6. The van der Waals surface area contributed by atoms with Crippen LogP contribution in [0.3, 0.4) is 0 Å². The molecule has 0 aromatic heterocycles. The van der Waals surface area contributed by atoms with Crippen molar-refractivity contribution >= 4 is 44.5 Å². The van der Waals surface area contributed by atoms with Crippen LogP contribution < -0.4 is 0 Å². The van der Waals surface area contributed by atoms with Gasteiger partial charge in [0.1, 0.15) is 0 Å². The number of rotatable bonds is 8. The second kappa shape index (κ2) is 7.76. The average molecular weight is 483 g/mol. The molecule has 0 saturated heterocycles. The lowest BCUT2D eigenvalue weighted by atomic mass is 10.2. The second-order valence-electron chi connectivity index (χ2n) is 6.98. The summed E-state index contributed by atoms with van der Waals surface area (Å²) in [5.41, 5.74) is 0.685. The first-order valence-corrected chi connectivity index (χ1v) is 14.4. The molecule has 0 bridgehead atoms. The van der Waals surface area contributed by atoms with Gasteiger partial charge in [-0.15, -0.1) is 0 Å². The van der Waals surface area contributed by atoms with Crippen molar-refractivity contribution in [1.82, 2.24) is 0 Å². The Morgan fingerprint density at radius 3 is 1.62 bits per heavy atom. The van der Waals surface area contributed by atoms with Gasteiger partial charge in [0.15, 0.2) is 4.58 Å². The minimum Gasteiger partial charge on any atom is -0.481 e. The Labute approximate surface area is 178 Å². The first-order valence-electron chi connectivity index (χ1n) is 8.73. The van der Waals surface area contributed by atoms with Crippen LogP contribution in [0, 0.1) is 13.8 Å². The van der Waals surface area contributed by atoms with Crippen molar-refractivity contribution in [3.8, 4) is 0 Å². The molecule has 0 aliphatic carbocycles. The Morgan fingerprint density at radius 1 is 0.897 bits per heavy atom. The van der Waals surface area contributed by atoms with Crippen molar-refractivity contribution in [1.29, 1.82) is 0 Å². The fourth-order valence-corrected chi connectivity index (χ4v) is 14.3. The van der Waals surface area contributed by atoms with Crippen molar-refractivity contribution < 1.29 is 27.4 Å². The molecule has 0 spiro atoms. The summed E-state index contributed by atoms with van der Waals surface area (Å²) in [7, 11) is 1.56. The monoisotopic (exact) mass is 482 g/mol. The predicted octanol–water partition coefficient (Wildman–Crippen LogP) is 5.20. The predicted molar refractivity (Wildman–Crippen MR) is 117 cm³/mol. The number of halogens is 2. The van der Waals surface area contributed by atoms with Gasteiger partial charge in [0.2, 0.25) is 0 Å². The molecule has 0 unspecified atom stereocenters. The van der Waals surface area contributed by atoms with Crippen LogP contribution in [0.2, 0.25) is 0 Å². The quantitative estimate of drug-likeness (QED) is 0.445. The van der Waals surface area contributed by atoms with Gasteiger partial charge in [-0.3, -0.25) is 13.9 Å². The molecule has 0 radical (unpaired) electrons. The number of aliphatic carboxylic acids is 1. The van der Waals surface area contributed by atoms with Crippen LogP contribution in [0.4, 0.5) is 0 Å². The Hall–Kier alpha value is -1.29. The first kappa shape index (κ1) is 24.0. The highest BCUT2D eigenvalue weighted by Crippen LogP contribution is 2.57. The number of carboxylic acids is 1. The van der Waals surface area contributed by atoms with Crippen molar-refractivity contribution in [2.24, 2.45) is 0 Å². The summed E-state index contributed by atoms with van der Waals surface area (Å²) in [6.45, 7) is 3.10. The van der Waals surface area contributed by atoms with E-state index >= 15 is 0 Å². The highest BCUT2D eigenvalue weighted by Gasteiger charge is 2.53. The summed E-state index contributed by atoms with van der Waals surface area (Å²) < 4.78 is 48.2. The standard InChI is InChI=1S/C19H24Cl2O6S2/c1-14-8-3-5-10-16(14)28(20,24,25)19(13-7-12-18(22)23)29(21,26,27)17-11-6-4-9-15(17)2/h3-6,8-11,19H,7,12-13H2,1-2H3,(H,22,23)(H,24,25)(H,26,27). The molecule has 29 heavy (non-hydrogen) atoms. The molecule has 0 fully saturated rings. The van der Waals surface area contributed by atoms with E-state index in [0.29, 0.717) is 11.1 Å². The maximum absolute atomic E-state index is 13.9. The van der Waals surface area contributed by atoms with E-state index in [-0.39, 0.29) is 22.6 Å². The van der Waals surface area contributed by atoms with Gasteiger partial charge in [0.05, 0.1) is 9.79 Å². The maximum atomic E-state index is 13.9. The SMILES string of the molecule is Cc1ccccc1S(=O)(O)(Cl)C(CCCC(=O)O)S(=O)(O)(Cl)c1ccccc1C. The third kappa shape index (κ3) is 4.73. The largest absolute Gasteiger partial charge is 0.481 e. The smallest absolute Gasteiger partial charge is 0.303 e. The zero-order valence-corrected chi connectivity index (χ0v) is 19.1. The normalized spacial score (nSPS) is 16.2. The van der Waals surface area contributed by atoms with Crippen molar-refractivity contribution in [2.45, 2.75) is 47.5 Å². The lowest BCUT2D eigenvalue weighted by Crippen LogP contribution is -2.53. The Kier molecular flexibility index (Phi) is 6.41.